The molecule has 0 rings (SSSR count). The predicted molar refractivity (Wildman–Crippen MR) is 69.7 cm³/mol. The van der Waals surface area contributed by atoms with Gasteiger partial charge in [0.2, 0.25) is 0 Å². The van der Waals surface area contributed by atoms with Crippen LogP contribution in [0.25, 0.3) is 0 Å². The molecule has 1 nitrogen and oxygen atoms in total. The smallest absolute Gasteiger partial charge is 0.0445 e. The van der Waals surface area contributed by atoms with E-state index in [1.807, 2.05) is 0 Å². The molecule has 0 spiro atoms. The van der Waals surface area contributed by atoms with Crippen LogP contribution in [0.15, 0.2) is 0 Å². The van der Waals surface area contributed by atoms with Crippen molar-refractivity contribution in [1.29, 1.82) is 0 Å². The van der Waals surface area contributed by atoms with E-state index in [-0.39, 0.29) is 5.54 Å². The maximum Gasteiger partial charge on any atom is 0.0445 e. The zero-order chi connectivity index (χ0) is 11.4. The van der Waals surface area contributed by atoms with Gasteiger partial charge in [-0.3, -0.25) is 0 Å². The Bertz CT molecular complexity index is 153. The third-order valence-electron chi connectivity index (χ3n) is 2.40. The lowest BCUT2D eigenvalue weighted by Crippen LogP contribution is -2.40. The summed E-state index contributed by atoms with van der Waals surface area (Å²) < 4.78 is 0. The summed E-state index contributed by atoms with van der Waals surface area (Å²) in [6.45, 7) is 17.6. The maximum atomic E-state index is 3.62. The van der Waals surface area contributed by atoms with Gasteiger partial charge >= 0.3 is 0 Å². The van der Waals surface area contributed by atoms with Gasteiger partial charge in [-0.1, -0.05) is 39.0 Å². The van der Waals surface area contributed by atoms with E-state index in [9.17, 15) is 0 Å². The predicted octanol–water partition coefficient (Wildman–Crippen LogP) is 3.74. The molecule has 14 heavy (non-hydrogen) atoms. The molecule has 1 N–H and O–H groups in total. The van der Waals surface area contributed by atoms with Crippen LogP contribution in [0.5, 0.6) is 0 Å². The average Bonchev–Trinajstić information content (AvgIpc) is 1.94. The summed E-state index contributed by atoms with van der Waals surface area (Å²) >= 11 is 0. The molecule has 86 valence electrons. The van der Waals surface area contributed by atoms with Gasteiger partial charge in [-0.15, -0.1) is 0 Å². The van der Waals surface area contributed by atoms with Gasteiger partial charge in [0, 0.05) is 13.6 Å². The Labute approximate surface area is 91.7 Å². The molecule has 1 atom stereocenters. The normalized spacial score (nSPS) is 15.6. The van der Waals surface area contributed by atoms with Crippen molar-refractivity contribution in [2.24, 2.45) is 5.92 Å². The van der Waals surface area contributed by atoms with Crippen molar-refractivity contribution in [2.75, 3.05) is 6.54 Å². The van der Waals surface area contributed by atoms with E-state index in [0.29, 0.717) is 0 Å². The van der Waals surface area contributed by atoms with Gasteiger partial charge in [-0.2, -0.15) is 0 Å². The summed E-state index contributed by atoms with van der Waals surface area (Å²) in [5.41, 5.74) is 0.271. The molecule has 0 heterocycles. The van der Waals surface area contributed by atoms with Crippen molar-refractivity contribution >= 4 is 8.07 Å². The second-order valence-electron chi connectivity index (χ2n) is 6.67. The van der Waals surface area contributed by atoms with E-state index in [1.165, 1.54) is 19.0 Å². The fourth-order valence-electron chi connectivity index (χ4n) is 1.68. The number of nitrogens with one attached hydrogen (secondary N) is 1. The van der Waals surface area contributed by atoms with Crippen molar-refractivity contribution in [1.82, 2.24) is 5.32 Å². The van der Waals surface area contributed by atoms with Gasteiger partial charge in [0.15, 0.2) is 0 Å². The van der Waals surface area contributed by atoms with Crippen LogP contribution in [-0.4, -0.2) is 20.2 Å². The summed E-state index contributed by atoms with van der Waals surface area (Å²) in [6, 6.07) is 1.45. The molecule has 0 amide bonds. The van der Waals surface area contributed by atoms with Crippen molar-refractivity contribution in [3.8, 4) is 0 Å². The summed E-state index contributed by atoms with van der Waals surface area (Å²) in [5, 5.41) is 3.62. The summed E-state index contributed by atoms with van der Waals surface area (Å²) in [6.07, 6.45) is 1.31. The molecule has 0 aliphatic heterocycles. The highest BCUT2D eigenvalue weighted by Crippen LogP contribution is 2.19. The summed E-state index contributed by atoms with van der Waals surface area (Å²) in [4.78, 5) is 0. The number of rotatable bonds is 5. The van der Waals surface area contributed by atoms with Crippen molar-refractivity contribution in [3.63, 3.8) is 0 Å². The largest absolute Gasteiger partial charge is 0.312 e. The van der Waals surface area contributed by atoms with Crippen molar-refractivity contribution < 1.29 is 0 Å². The van der Waals surface area contributed by atoms with Crippen LogP contribution in [0.4, 0.5) is 0 Å². The molecule has 0 saturated heterocycles. The molecule has 0 bridgehead atoms. The highest BCUT2D eigenvalue weighted by molar-refractivity contribution is 6.76. The van der Waals surface area contributed by atoms with Crippen LogP contribution >= 0.6 is 0 Å². The Morgan fingerprint density at radius 3 is 1.93 bits per heavy atom. The fraction of sp³-hybridized carbons (Fsp3) is 1.00. The zero-order valence-electron chi connectivity index (χ0n) is 11.2. The Kier molecular flexibility index (Phi) is 5.38. The summed E-state index contributed by atoms with van der Waals surface area (Å²) in [5.74, 6) is 0.876. The lowest BCUT2D eigenvalue weighted by Gasteiger charge is -2.28. The minimum absolute atomic E-state index is 0.271. The van der Waals surface area contributed by atoms with Gasteiger partial charge in [0.1, 0.15) is 0 Å². The molecule has 0 saturated carbocycles. The van der Waals surface area contributed by atoms with Gasteiger partial charge in [-0.05, 0) is 33.2 Å². The SMILES string of the molecule is CCC(CNC(C)(C)C)C[Si](C)(C)C. The molecule has 2 heteroatoms. The monoisotopic (exact) mass is 215 g/mol. The first-order valence-electron chi connectivity index (χ1n) is 5.89. The first kappa shape index (κ1) is 14.2. The third-order valence-corrected chi connectivity index (χ3v) is 4.20. The average molecular weight is 215 g/mol. The Balaban J connectivity index is 3.93. The van der Waals surface area contributed by atoms with Crippen LogP contribution in [0.3, 0.4) is 0 Å². The van der Waals surface area contributed by atoms with E-state index in [0.717, 1.165) is 5.92 Å². The standard InChI is InChI=1S/C12H29NSi/c1-8-11(10-14(5,6)7)9-13-12(2,3)4/h11,13H,8-10H2,1-7H3. The maximum absolute atomic E-state index is 3.62. The van der Waals surface area contributed by atoms with Crippen LogP contribution < -0.4 is 5.32 Å². The molecule has 1 unspecified atom stereocenters. The first-order valence-corrected chi connectivity index (χ1v) is 9.60. The van der Waals surface area contributed by atoms with Gasteiger partial charge in [0.05, 0.1) is 0 Å². The van der Waals surface area contributed by atoms with Gasteiger partial charge in [-0.25, -0.2) is 0 Å². The molecule has 0 aromatic heterocycles. The second-order valence-corrected chi connectivity index (χ2v) is 12.2. The lowest BCUT2D eigenvalue weighted by molar-refractivity contribution is 0.376. The Morgan fingerprint density at radius 1 is 1.14 bits per heavy atom. The van der Waals surface area contributed by atoms with E-state index >= 15 is 0 Å². The molecule has 0 radical (unpaired) electrons. The van der Waals surface area contributed by atoms with Gasteiger partial charge in [0.25, 0.3) is 0 Å². The van der Waals surface area contributed by atoms with Crippen molar-refractivity contribution in [2.45, 2.75) is 65.3 Å². The Morgan fingerprint density at radius 2 is 1.64 bits per heavy atom. The highest BCUT2D eigenvalue weighted by Gasteiger charge is 2.20. The van der Waals surface area contributed by atoms with Crippen LogP contribution in [-0.2, 0) is 0 Å². The minimum atomic E-state index is -0.878. The number of hydrogen-bond acceptors (Lipinski definition) is 1. The topological polar surface area (TPSA) is 12.0 Å². The Hall–Kier alpha value is 0.177. The van der Waals surface area contributed by atoms with E-state index in [2.05, 4.69) is 52.7 Å². The highest BCUT2D eigenvalue weighted by atomic mass is 28.3. The molecule has 0 aromatic carbocycles. The summed E-state index contributed by atoms with van der Waals surface area (Å²) in [7, 11) is -0.878. The quantitative estimate of drug-likeness (QED) is 0.689. The van der Waals surface area contributed by atoms with Crippen LogP contribution in [0.2, 0.25) is 25.7 Å². The molecule has 0 aliphatic carbocycles. The van der Waals surface area contributed by atoms with E-state index in [4.69, 9.17) is 0 Å². The fourth-order valence-corrected chi connectivity index (χ4v) is 3.84. The lowest BCUT2D eigenvalue weighted by atomic mass is 10.1. The molecular weight excluding hydrogens is 186 g/mol. The van der Waals surface area contributed by atoms with Crippen molar-refractivity contribution in [3.05, 3.63) is 0 Å². The zero-order valence-corrected chi connectivity index (χ0v) is 12.2. The molecule has 0 fully saturated rings. The third kappa shape index (κ3) is 8.76. The van der Waals surface area contributed by atoms with Gasteiger partial charge < -0.3 is 5.32 Å². The second kappa shape index (κ2) is 5.31. The number of hydrogen-bond donors (Lipinski definition) is 1. The molecular formula is C12H29NSi. The van der Waals surface area contributed by atoms with Crippen LogP contribution in [0, 0.1) is 5.92 Å². The van der Waals surface area contributed by atoms with Crippen LogP contribution in [0.1, 0.15) is 34.1 Å². The molecule has 0 aromatic rings. The first-order chi connectivity index (χ1) is 6.14. The minimum Gasteiger partial charge on any atom is -0.312 e. The molecule has 0 aliphatic rings. The van der Waals surface area contributed by atoms with E-state index in [1.54, 1.807) is 0 Å². The van der Waals surface area contributed by atoms with E-state index < -0.39 is 8.07 Å².